The monoisotopic (exact) mass is 432 g/mol. The van der Waals surface area contributed by atoms with Crippen molar-refractivity contribution in [3.8, 4) is 0 Å². The Labute approximate surface area is 185 Å². The highest BCUT2D eigenvalue weighted by Crippen LogP contribution is 2.32. The van der Waals surface area contributed by atoms with E-state index in [4.69, 9.17) is 5.73 Å². The Hall–Kier alpha value is -3.36. The molecule has 0 radical (unpaired) electrons. The third kappa shape index (κ3) is 3.41. The van der Waals surface area contributed by atoms with E-state index in [0.717, 1.165) is 17.0 Å². The molecular weight excluding hydrogens is 408 g/mol. The molecule has 164 valence electrons. The molecule has 8 heteroatoms. The van der Waals surface area contributed by atoms with Gasteiger partial charge < -0.3 is 5.73 Å². The van der Waals surface area contributed by atoms with Gasteiger partial charge in [0.1, 0.15) is 6.04 Å². The number of rotatable bonds is 4. The van der Waals surface area contributed by atoms with E-state index in [1.807, 2.05) is 24.3 Å². The number of nitrogens with one attached hydrogen (secondary N) is 1. The van der Waals surface area contributed by atoms with Crippen molar-refractivity contribution in [2.24, 2.45) is 5.73 Å². The van der Waals surface area contributed by atoms with Gasteiger partial charge in [-0.3, -0.25) is 34.3 Å². The summed E-state index contributed by atoms with van der Waals surface area (Å²) in [6, 6.07) is 14.4. The molecule has 2 saturated heterocycles. The van der Waals surface area contributed by atoms with Crippen LogP contribution in [0.1, 0.15) is 50.6 Å². The molecule has 1 unspecified atom stereocenters. The highest BCUT2D eigenvalue weighted by molar-refractivity contribution is 6.24. The number of nitrogens with two attached hydrogens (primary N) is 1. The number of amides is 4. The van der Waals surface area contributed by atoms with Gasteiger partial charge >= 0.3 is 0 Å². The first-order chi connectivity index (χ1) is 15.4. The van der Waals surface area contributed by atoms with E-state index < -0.39 is 23.8 Å². The topological polar surface area (TPSA) is 113 Å². The second-order valence-corrected chi connectivity index (χ2v) is 8.66. The first kappa shape index (κ1) is 20.5. The van der Waals surface area contributed by atoms with Gasteiger partial charge in [0.25, 0.3) is 11.8 Å². The zero-order valence-corrected chi connectivity index (χ0v) is 17.5. The Bertz CT molecular complexity index is 1120. The van der Waals surface area contributed by atoms with Crippen LogP contribution < -0.4 is 11.1 Å². The van der Waals surface area contributed by atoms with Crippen molar-refractivity contribution < 1.29 is 19.2 Å². The summed E-state index contributed by atoms with van der Waals surface area (Å²) in [6.07, 6.45) is 0.244. The minimum absolute atomic E-state index is 0.0218. The van der Waals surface area contributed by atoms with E-state index >= 15 is 0 Å². The molecule has 0 aliphatic carbocycles. The van der Waals surface area contributed by atoms with Crippen molar-refractivity contribution in [1.29, 1.82) is 0 Å². The summed E-state index contributed by atoms with van der Waals surface area (Å²) in [4.78, 5) is 53.3. The average Bonchev–Trinajstić information content (AvgIpc) is 3.27. The molecule has 3 aliphatic rings. The zero-order valence-electron chi connectivity index (χ0n) is 17.5. The molecule has 8 nitrogen and oxygen atoms in total. The molecule has 0 spiro atoms. The number of hydrogen-bond acceptors (Lipinski definition) is 6. The second-order valence-electron chi connectivity index (χ2n) is 8.66. The Morgan fingerprint density at radius 2 is 1.72 bits per heavy atom. The van der Waals surface area contributed by atoms with Crippen molar-refractivity contribution in [2.75, 3.05) is 13.1 Å². The number of fused-ring (bicyclic) bond motifs is 1. The van der Waals surface area contributed by atoms with E-state index in [2.05, 4.69) is 22.3 Å². The highest BCUT2D eigenvalue weighted by Gasteiger charge is 2.45. The Kier molecular flexibility index (Phi) is 5.11. The van der Waals surface area contributed by atoms with Gasteiger partial charge in [-0.05, 0) is 23.6 Å². The van der Waals surface area contributed by atoms with Crippen LogP contribution in [0.15, 0.2) is 48.5 Å². The van der Waals surface area contributed by atoms with E-state index in [1.165, 1.54) is 5.56 Å². The Morgan fingerprint density at radius 1 is 0.938 bits per heavy atom. The SMILES string of the molecule is N[C@@H]1CN(Cc2cccc3c2C(=O)N(C2CCC(=O)NC2=O)C3=O)C[C@H]1c1ccccc1. The quantitative estimate of drug-likeness (QED) is 0.698. The van der Waals surface area contributed by atoms with Crippen molar-refractivity contribution in [3.05, 3.63) is 70.8 Å². The minimum Gasteiger partial charge on any atom is -0.326 e. The molecule has 3 N–H and O–H groups in total. The molecule has 3 atom stereocenters. The summed E-state index contributed by atoms with van der Waals surface area (Å²) in [7, 11) is 0. The van der Waals surface area contributed by atoms with Crippen LogP contribution in [0.3, 0.4) is 0 Å². The summed E-state index contributed by atoms with van der Waals surface area (Å²) in [5, 5.41) is 2.23. The van der Waals surface area contributed by atoms with Gasteiger partial charge in [-0.2, -0.15) is 0 Å². The third-order valence-electron chi connectivity index (χ3n) is 6.62. The van der Waals surface area contributed by atoms with E-state index in [0.29, 0.717) is 24.2 Å². The molecule has 0 saturated carbocycles. The van der Waals surface area contributed by atoms with Crippen molar-refractivity contribution in [2.45, 2.75) is 37.4 Å². The summed E-state index contributed by atoms with van der Waals surface area (Å²) < 4.78 is 0. The number of nitrogens with zero attached hydrogens (tertiary/aromatic N) is 2. The zero-order chi connectivity index (χ0) is 22.4. The molecule has 3 heterocycles. The van der Waals surface area contributed by atoms with Gasteiger partial charge in [0.15, 0.2) is 0 Å². The molecule has 5 rings (SSSR count). The summed E-state index contributed by atoms with van der Waals surface area (Å²) in [5.74, 6) is -1.75. The molecular formula is C24H24N4O4. The van der Waals surface area contributed by atoms with Crippen molar-refractivity contribution >= 4 is 23.6 Å². The molecule has 0 bridgehead atoms. The molecule has 2 aromatic carbocycles. The standard InChI is InChI=1S/C24H24N4O4/c25-18-13-27(12-17(18)14-5-2-1-3-6-14)11-15-7-4-8-16-21(15)24(32)28(23(16)31)19-9-10-20(29)26-22(19)30/h1-8,17-19H,9-13,25H2,(H,26,29,30)/t17-,18+,19?/m0/s1. The van der Waals surface area contributed by atoms with Gasteiger partial charge in [0.2, 0.25) is 11.8 Å². The van der Waals surface area contributed by atoms with Crippen LogP contribution in [0.4, 0.5) is 0 Å². The number of piperidine rings is 1. The fraction of sp³-hybridized carbons (Fsp3) is 0.333. The first-order valence-electron chi connectivity index (χ1n) is 10.8. The van der Waals surface area contributed by atoms with Crippen molar-refractivity contribution in [1.82, 2.24) is 15.1 Å². The number of carbonyl (C=O) groups excluding carboxylic acids is 4. The smallest absolute Gasteiger partial charge is 0.262 e. The van der Waals surface area contributed by atoms with Crippen LogP contribution >= 0.6 is 0 Å². The lowest BCUT2D eigenvalue weighted by atomic mass is 9.95. The molecule has 0 aromatic heterocycles. The van der Waals surface area contributed by atoms with Gasteiger partial charge in [-0.25, -0.2) is 0 Å². The van der Waals surface area contributed by atoms with E-state index in [9.17, 15) is 19.2 Å². The van der Waals surface area contributed by atoms with Crippen LogP contribution in [0, 0.1) is 0 Å². The minimum atomic E-state index is -0.962. The summed E-state index contributed by atoms with van der Waals surface area (Å²) in [5.41, 5.74) is 9.01. The van der Waals surface area contributed by atoms with E-state index in [-0.39, 0.29) is 30.7 Å². The fourth-order valence-electron chi connectivity index (χ4n) is 5.05. The second kappa shape index (κ2) is 7.96. The molecule has 32 heavy (non-hydrogen) atoms. The van der Waals surface area contributed by atoms with Crippen LogP contribution in [-0.4, -0.2) is 58.6 Å². The first-order valence-corrected chi connectivity index (χ1v) is 10.8. The van der Waals surface area contributed by atoms with Crippen molar-refractivity contribution in [3.63, 3.8) is 0 Å². The molecule has 3 aliphatic heterocycles. The maximum absolute atomic E-state index is 13.3. The van der Waals surface area contributed by atoms with Crippen LogP contribution in [-0.2, 0) is 16.1 Å². The maximum atomic E-state index is 13.3. The molecule has 4 amide bonds. The summed E-state index contributed by atoms with van der Waals surface area (Å²) >= 11 is 0. The average molecular weight is 432 g/mol. The van der Waals surface area contributed by atoms with Crippen LogP contribution in [0.25, 0.3) is 0 Å². The maximum Gasteiger partial charge on any atom is 0.262 e. The normalized spacial score (nSPS) is 25.9. The molecule has 2 aromatic rings. The van der Waals surface area contributed by atoms with Crippen LogP contribution in [0.2, 0.25) is 0 Å². The lowest BCUT2D eigenvalue weighted by Gasteiger charge is -2.28. The largest absolute Gasteiger partial charge is 0.326 e. The fourth-order valence-corrected chi connectivity index (χ4v) is 5.05. The number of benzene rings is 2. The Morgan fingerprint density at radius 3 is 2.47 bits per heavy atom. The number of hydrogen-bond donors (Lipinski definition) is 2. The van der Waals surface area contributed by atoms with E-state index in [1.54, 1.807) is 12.1 Å². The lowest BCUT2D eigenvalue weighted by Crippen LogP contribution is -2.54. The number of carbonyl (C=O) groups is 4. The van der Waals surface area contributed by atoms with Gasteiger partial charge in [0.05, 0.1) is 11.1 Å². The highest BCUT2D eigenvalue weighted by atomic mass is 16.2. The predicted octanol–water partition coefficient (Wildman–Crippen LogP) is 1.01. The lowest BCUT2D eigenvalue weighted by molar-refractivity contribution is -0.136. The summed E-state index contributed by atoms with van der Waals surface area (Å²) in [6.45, 7) is 1.93. The molecule has 2 fully saturated rings. The van der Waals surface area contributed by atoms with Gasteiger partial charge in [0, 0.05) is 38.0 Å². The third-order valence-corrected chi connectivity index (χ3v) is 6.62. The predicted molar refractivity (Wildman–Crippen MR) is 116 cm³/mol. The van der Waals surface area contributed by atoms with Gasteiger partial charge in [-0.15, -0.1) is 0 Å². The number of likely N-dealkylation sites (tertiary alicyclic amines) is 1. The Balaban J connectivity index is 1.38. The van der Waals surface area contributed by atoms with Gasteiger partial charge in [-0.1, -0.05) is 42.5 Å². The number of imide groups is 2. The van der Waals surface area contributed by atoms with Crippen LogP contribution in [0.5, 0.6) is 0 Å².